The van der Waals surface area contributed by atoms with Crippen molar-refractivity contribution in [3.05, 3.63) is 12.2 Å². The van der Waals surface area contributed by atoms with Gasteiger partial charge >= 0.3 is 0 Å². The van der Waals surface area contributed by atoms with Crippen LogP contribution in [0.4, 0.5) is 0 Å². The average molecular weight is 179 g/mol. The lowest BCUT2D eigenvalue weighted by Crippen LogP contribution is -2.38. The van der Waals surface area contributed by atoms with E-state index in [4.69, 9.17) is 0 Å². The first-order valence-electron chi connectivity index (χ1n) is 5.66. The molecule has 1 aliphatic carbocycles. The average Bonchev–Trinajstić information content (AvgIpc) is 2.17. The Hall–Kier alpha value is -0.300. The number of hydrogen-bond donors (Lipinski definition) is 1. The van der Waals surface area contributed by atoms with Crippen LogP contribution in [0.5, 0.6) is 0 Å². The van der Waals surface area contributed by atoms with E-state index in [1.54, 1.807) is 0 Å². The Kier molecular flexibility index (Phi) is 2.73. The van der Waals surface area contributed by atoms with Gasteiger partial charge < -0.3 is 5.32 Å². The molecule has 3 unspecified atom stereocenters. The van der Waals surface area contributed by atoms with Gasteiger partial charge in [0.25, 0.3) is 0 Å². The van der Waals surface area contributed by atoms with E-state index in [0.717, 1.165) is 23.7 Å². The zero-order valence-electron chi connectivity index (χ0n) is 8.79. The number of rotatable bonds is 1. The van der Waals surface area contributed by atoms with Gasteiger partial charge in [-0.3, -0.25) is 0 Å². The molecule has 0 spiro atoms. The molecule has 13 heavy (non-hydrogen) atoms. The minimum Gasteiger partial charge on any atom is -0.316 e. The lowest BCUT2D eigenvalue weighted by Gasteiger charge is -2.37. The van der Waals surface area contributed by atoms with E-state index in [1.165, 1.54) is 25.9 Å². The van der Waals surface area contributed by atoms with E-state index < -0.39 is 0 Å². The second-order valence-electron chi connectivity index (χ2n) is 4.95. The molecule has 0 aromatic carbocycles. The second kappa shape index (κ2) is 3.83. The lowest BCUT2D eigenvalue weighted by molar-refractivity contribution is 0.225. The maximum Gasteiger partial charge on any atom is -0.00147 e. The van der Waals surface area contributed by atoms with E-state index in [1.807, 2.05) is 0 Å². The van der Waals surface area contributed by atoms with Crippen LogP contribution in [0.25, 0.3) is 0 Å². The standard InChI is InChI=1S/C12H21N/c1-9(2)11-4-3-10-5-6-13-8-12(10)7-11/h3-4,9-13H,5-8H2,1-2H3. The Balaban J connectivity index is 2.02. The van der Waals surface area contributed by atoms with Gasteiger partial charge in [-0.25, -0.2) is 0 Å². The monoisotopic (exact) mass is 179 g/mol. The SMILES string of the molecule is CC(C)C1C=CC2CCNCC2C1. The van der Waals surface area contributed by atoms with Crippen LogP contribution in [0.1, 0.15) is 26.7 Å². The summed E-state index contributed by atoms with van der Waals surface area (Å²) in [5, 5.41) is 3.51. The van der Waals surface area contributed by atoms with Gasteiger partial charge in [0.15, 0.2) is 0 Å². The minimum atomic E-state index is 0.819. The van der Waals surface area contributed by atoms with Crippen LogP contribution in [0.3, 0.4) is 0 Å². The van der Waals surface area contributed by atoms with Crippen LogP contribution in [-0.2, 0) is 0 Å². The summed E-state index contributed by atoms with van der Waals surface area (Å²) in [5.41, 5.74) is 0. The molecular formula is C12H21N. The third-order valence-electron chi connectivity index (χ3n) is 3.70. The molecular weight excluding hydrogens is 158 g/mol. The quantitative estimate of drug-likeness (QED) is 0.610. The van der Waals surface area contributed by atoms with Crippen molar-refractivity contribution < 1.29 is 0 Å². The highest BCUT2D eigenvalue weighted by atomic mass is 14.9. The fourth-order valence-corrected chi connectivity index (χ4v) is 2.66. The molecule has 0 amide bonds. The molecule has 3 atom stereocenters. The Morgan fingerprint density at radius 2 is 2.15 bits per heavy atom. The van der Waals surface area contributed by atoms with Crippen molar-refractivity contribution in [3.63, 3.8) is 0 Å². The largest absolute Gasteiger partial charge is 0.316 e. The van der Waals surface area contributed by atoms with Gasteiger partial charge in [-0.05, 0) is 49.6 Å². The molecule has 1 fully saturated rings. The van der Waals surface area contributed by atoms with Gasteiger partial charge in [0.05, 0.1) is 0 Å². The summed E-state index contributed by atoms with van der Waals surface area (Å²) in [6, 6.07) is 0. The smallest absolute Gasteiger partial charge is 0.00147 e. The highest BCUT2D eigenvalue weighted by molar-refractivity contribution is 5.04. The van der Waals surface area contributed by atoms with Crippen molar-refractivity contribution in [2.24, 2.45) is 23.7 Å². The van der Waals surface area contributed by atoms with Gasteiger partial charge in [0.1, 0.15) is 0 Å². The zero-order valence-corrected chi connectivity index (χ0v) is 8.79. The first kappa shape index (κ1) is 9.26. The Morgan fingerprint density at radius 1 is 1.31 bits per heavy atom. The summed E-state index contributed by atoms with van der Waals surface area (Å²) in [6.45, 7) is 7.15. The normalized spacial score (nSPS) is 39.2. The third kappa shape index (κ3) is 1.96. The predicted octanol–water partition coefficient (Wildman–Crippen LogP) is 2.44. The molecule has 1 saturated heterocycles. The number of piperidine rings is 1. The van der Waals surface area contributed by atoms with E-state index in [0.29, 0.717) is 0 Å². The molecule has 0 aromatic heterocycles. The molecule has 1 heterocycles. The number of allylic oxidation sites excluding steroid dienone is 2. The fraction of sp³-hybridized carbons (Fsp3) is 0.833. The van der Waals surface area contributed by atoms with E-state index >= 15 is 0 Å². The third-order valence-corrected chi connectivity index (χ3v) is 3.70. The molecule has 2 aliphatic rings. The van der Waals surface area contributed by atoms with Crippen molar-refractivity contribution in [3.8, 4) is 0 Å². The topological polar surface area (TPSA) is 12.0 Å². The molecule has 0 aromatic rings. The summed E-state index contributed by atoms with van der Waals surface area (Å²) < 4.78 is 0. The molecule has 1 heteroatoms. The summed E-state index contributed by atoms with van der Waals surface area (Å²) in [5.74, 6) is 3.46. The van der Waals surface area contributed by atoms with Crippen molar-refractivity contribution in [1.29, 1.82) is 0 Å². The second-order valence-corrected chi connectivity index (χ2v) is 4.95. The molecule has 2 rings (SSSR count). The van der Waals surface area contributed by atoms with Gasteiger partial charge in [-0.1, -0.05) is 26.0 Å². The maximum absolute atomic E-state index is 3.51. The highest BCUT2D eigenvalue weighted by Gasteiger charge is 2.29. The Morgan fingerprint density at radius 3 is 2.92 bits per heavy atom. The lowest BCUT2D eigenvalue weighted by atomic mass is 9.73. The van der Waals surface area contributed by atoms with E-state index in [2.05, 4.69) is 31.3 Å². The summed E-state index contributed by atoms with van der Waals surface area (Å²) in [4.78, 5) is 0. The zero-order chi connectivity index (χ0) is 9.26. The van der Waals surface area contributed by atoms with Gasteiger partial charge in [0, 0.05) is 0 Å². The van der Waals surface area contributed by atoms with E-state index in [9.17, 15) is 0 Å². The van der Waals surface area contributed by atoms with Crippen molar-refractivity contribution in [2.75, 3.05) is 13.1 Å². The van der Waals surface area contributed by atoms with Crippen LogP contribution < -0.4 is 5.32 Å². The summed E-state index contributed by atoms with van der Waals surface area (Å²) in [7, 11) is 0. The summed E-state index contributed by atoms with van der Waals surface area (Å²) in [6.07, 6.45) is 7.72. The van der Waals surface area contributed by atoms with Crippen LogP contribution in [0, 0.1) is 23.7 Å². The van der Waals surface area contributed by atoms with Gasteiger partial charge in [-0.15, -0.1) is 0 Å². The molecule has 1 N–H and O–H groups in total. The van der Waals surface area contributed by atoms with Crippen LogP contribution >= 0.6 is 0 Å². The molecule has 0 saturated carbocycles. The number of fused-ring (bicyclic) bond motifs is 1. The van der Waals surface area contributed by atoms with Crippen molar-refractivity contribution >= 4 is 0 Å². The molecule has 0 bridgehead atoms. The number of hydrogen-bond acceptors (Lipinski definition) is 1. The van der Waals surface area contributed by atoms with Gasteiger partial charge in [0.2, 0.25) is 0 Å². The predicted molar refractivity (Wildman–Crippen MR) is 56.6 cm³/mol. The number of nitrogens with one attached hydrogen (secondary N) is 1. The molecule has 1 aliphatic heterocycles. The van der Waals surface area contributed by atoms with Crippen molar-refractivity contribution in [2.45, 2.75) is 26.7 Å². The first-order valence-corrected chi connectivity index (χ1v) is 5.66. The fourth-order valence-electron chi connectivity index (χ4n) is 2.66. The maximum atomic E-state index is 3.51. The van der Waals surface area contributed by atoms with Crippen LogP contribution in [-0.4, -0.2) is 13.1 Å². The molecule has 74 valence electrons. The summed E-state index contributed by atoms with van der Waals surface area (Å²) >= 11 is 0. The van der Waals surface area contributed by atoms with Crippen LogP contribution in [0.15, 0.2) is 12.2 Å². The van der Waals surface area contributed by atoms with E-state index in [-0.39, 0.29) is 0 Å². The molecule has 0 radical (unpaired) electrons. The minimum absolute atomic E-state index is 0.819. The molecule has 1 nitrogen and oxygen atoms in total. The van der Waals surface area contributed by atoms with Crippen molar-refractivity contribution in [1.82, 2.24) is 5.32 Å². The van der Waals surface area contributed by atoms with Gasteiger partial charge in [-0.2, -0.15) is 0 Å². The Bertz CT molecular complexity index is 195. The van der Waals surface area contributed by atoms with Crippen LogP contribution in [0.2, 0.25) is 0 Å². The highest BCUT2D eigenvalue weighted by Crippen LogP contribution is 2.34. The Labute approximate surface area is 81.6 Å². The first-order chi connectivity index (χ1) is 6.27.